The predicted molar refractivity (Wildman–Crippen MR) is 144 cm³/mol. The average Bonchev–Trinajstić information content (AvgIpc) is 2.97. The summed E-state index contributed by atoms with van der Waals surface area (Å²) in [7, 11) is -2.25. The van der Waals surface area contributed by atoms with Crippen LogP contribution in [0.4, 0.5) is 0 Å². The summed E-state index contributed by atoms with van der Waals surface area (Å²) in [5.74, 6) is 0.572. The number of carbonyl (C=O) groups excluding carboxylic acids is 1. The molecule has 8 heteroatoms. The molecule has 3 aliphatic heterocycles. The van der Waals surface area contributed by atoms with Crippen LogP contribution in [-0.2, 0) is 20.4 Å². The van der Waals surface area contributed by atoms with E-state index in [1.54, 1.807) is 28.6 Å². The van der Waals surface area contributed by atoms with Crippen molar-refractivity contribution in [1.29, 1.82) is 0 Å². The van der Waals surface area contributed by atoms with E-state index in [1.807, 2.05) is 18.2 Å². The summed E-state index contributed by atoms with van der Waals surface area (Å²) in [5, 5.41) is 3.41. The zero-order valence-corrected chi connectivity index (χ0v) is 22.6. The quantitative estimate of drug-likeness (QED) is 0.617. The van der Waals surface area contributed by atoms with Crippen molar-refractivity contribution in [3.05, 3.63) is 60.2 Å². The Kier molecular flexibility index (Phi) is 7.88. The van der Waals surface area contributed by atoms with Crippen LogP contribution in [0.2, 0.25) is 0 Å². The predicted octanol–water partition coefficient (Wildman–Crippen LogP) is 4.00. The smallest absolute Gasteiger partial charge is 0.246 e. The highest BCUT2D eigenvalue weighted by Crippen LogP contribution is 2.48. The van der Waals surface area contributed by atoms with Crippen LogP contribution in [0, 0.1) is 11.8 Å². The Balaban J connectivity index is 1.53. The second kappa shape index (κ2) is 11.1. The molecule has 0 aromatic heterocycles. The standard InChI is InChI=1S/C29H39N3O4S/c1-36-26-15-5-6-16-27(26)37(34,35)31-19-10-14-25(22-31)29(24-12-3-2-4-13-24)17-7-8-20-32(29)28(33)23-11-9-18-30-21-23/h2-6,12-13,15-16,23,25,30H,7-11,14,17-22H2,1H3. The highest BCUT2D eigenvalue weighted by Gasteiger charge is 2.51. The second-order valence-electron chi connectivity index (χ2n) is 10.6. The fourth-order valence-corrected chi connectivity index (χ4v) is 8.48. The van der Waals surface area contributed by atoms with E-state index in [0.717, 1.165) is 70.1 Å². The first kappa shape index (κ1) is 26.2. The number of amides is 1. The number of para-hydroxylation sites is 1. The first-order valence-corrected chi connectivity index (χ1v) is 15.1. The van der Waals surface area contributed by atoms with Crippen LogP contribution in [0.3, 0.4) is 0 Å². The molecule has 2 aromatic carbocycles. The zero-order valence-electron chi connectivity index (χ0n) is 21.8. The van der Waals surface area contributed by atoms with E-state index in [9.17, 15) is 13.2 Å². The van der Waals surface area contributed by atoms with Crippen LogP contribution < -0.4 is 10.1 Å². The van der Waals surface area contributed by atoms with Crippen molar-refractivity contribution >= 4 is 15.9 Å². The van der Waals surface area contributed by atoms with E-state index in [2.05, 4.69) is 22.3 Å². The number of hydrogen-bond donors (Lipinski definition) is 1. The summed E-state index contributed by atoms with van der Waals surface area (Å²) >= 11 is 0. The SMILES string of the molecule is COc1ccccc1S(=O)(=O)N1CCCC(C2(c3ccccc3)CCCCN2C(=O)C2CCCNC2)C1. The number of piperidine rings is 3. The molecule has 200 valence electrons. The molecule has 1 N–H and O–H groups in total. The molecule has 3 aliphatic rings. The maximum Gasteiger partial charge on any atom is 0.246 e. The highest BCUT2D eigenvalue weighted by molar-refractivity contribution is 7.89. The van der Waals surface area contributed by atoms with Gasteiger partial charge in [0.15, 0.2) is 0 Å². The van der Waals surface area contributed by atoms with Gasteiger partial charge in [0.25, 0.3) is 0 Å². The average molecular weight is 526 g/mol. The van der Waals surface area contributed by atoms with Crippen LogP contribution in [0.1, 0.15) is 50.5 Å². The summed E-state index contributed by atoms with van der Waals surface area (Å²) in [6.45, 7) is 3.27. The van der Waals surface area contributed by atoms with Crippen molar-refractivity contribution in [2.75, 3.05) is 39.8 Å². The third-order valence-electron chi connectivity index (χ3n) is 8.60. The molecule has 37 heavy (non-hydrogen) atoms. The normalized spacial score (nSPS) is 27.5. The first-order chi connectivity index (χ1) is 18.0. The fourth-order valence-electron chi connectivity index (χ4n) is 6.80. The van der Waals surface area contributed by atoms with Gasteiger partial charge in [0.1, 0.15) is 10.6 Å². The van der Waals surface area contributed by atoms with Gasteiger partial charge in [-0.05, 0) is 69.2 Å². The van der Waals surface area contributed by atoms with Crippen LogP contribution in [0.25, 0.3) is 0 Å². The number of sulfonamides is 1. The molecule has 1 amide bonds. The summed E-state index contributed by atoms with van der Waals surface area (Å²) in [6.07, 6.45) is 6.44. The van der Waals surface area contributed by atoms with Crippen molar-refractivity contribution in [3.8, 4) is 5.75 Å². The lowest BCUT2D eigenvalue weighted by molar-refractivity contribution is -0.150. The van der Waals surface area contributed by atoms with Crippen molar-refractivity contribution in [3.63, 3.8) is 0 Å². The Morgan fingerprint density at radius 1 is 0.973 bits per heavy atom. The molecule has 0 radical (unpaired) electrons. The number of rotatable bonds is 6. The number of likely N-dealkylation sites (tertiary alicyclic amines) is 1. The lowest BCUT2D eigenvalue weighted by atomic mass is 9.68. The van der Waals surface area contributed by atoms with E-state index in [4.69, 9.17) is 4.74 Å². The van der Waals surface area contributed by atoms with Gasteiger partial charge < -0.3 is 15.0 Å². The number of ether oxygens (including phenoxy) is 1. The number of nitrogens with one attached hydrogen (secondary N) is 1. The monoisotopic (exact) mass is 525 g/mol. The van der Waals surface area contributed by atoms with Crippen LogP contribution in [0.15, 0.2) is 59.5 Å². The maximum atomic E-state index is 14.1. The molecule has 0 saturated carbocycles. The van der Waals surface area contributed by atoms with Crippen molar-refractivity contribution < 1.29 is 17.9 Å². The van der Waals surface area contributed by atoms with Gasteiger partial charge in [-0.15, -0.1) is 0 Å². The lowest BCUT2D eigenvalue weighted by Crippen LogP contribution is -2.61. The van der Waals surface area contributed by atoms with Gasteiger partial charge in [0.05, 0.1) is 18.6 Å². The molecular weight excluding hydrogens is 486 g/mol. The van der Waals surface area contributed by atoms with Crippen molar-refractivity contribution in [1.82, 2.24) is 14.5 Å². The Morgan fingerprint density at radius 2 is 1.76 bits per heavy atom. The van der Waals surface area contributed by atoms with Crippen LogP contribution in [-0.4, -0.2) is 63.4 Å². The zero-order chi connectivity index (χ0) is 25.9. The molecule has 3 saturated heterocycles. The van der Waals surface area contributed by atoms with Crippen molar-refractivity contribution in [2.45, 2.75) is 55.4 Å². The van der Waals surface area contributed by atoms with Crippen molar-refractivity contribution in [2.24, 2.45) is 11.8 Å². The van der Waals surface area contributed by atoms with E-state index in [1.165, 1.54) is 7.11 Å². The third kappa shape index (κ3) is 4.91. The molecule has 3 fully saturated rings. The second-order valence-corrected chi connectivity index (χ2v) is 12.5. The first-order valence-electron chi connectivity index (χ1n) is 13.7. The van der Waals surface area contributed by atoms with Gasteiger partial charge >= 0.3 is 0 Å². The molecule has 0 bridgehead atoms. The van der Waals surface area contributed by atoms with E-state index in [0.29, 0.717) is 18.8 Å². The molecule has 3 unspecified atom stereocenters. The van der Waals surface area contributed by atoms with E-state index >= 15 is 0 Å². The summed E-state index contributed by atoms with van der Waals surface area (Å²) in [4.78, 5) is 16.5. The van der Waals surface area contributed by atoms with Gasteiger partial charge in [-0.25, -0.2) is 8.42 Å². The minimum absolute atomic E-state index is 0.00827. The van der Waals surface area contributed by atoms with Gasteiger partial charge in [0, 0.05) is 32.1 Å². The van der Waals surface area contributed by atoms with Gasteiger partial charge in [0.2, 0.25) is 15.9 Å². The number of hydrogen-bond acceptors (Lipinski definition) is 5. The summed E-state index contributed by atoms with van der Waals surface area (Å²) in [6, 6.07) is 17.2. The van der Waals surface area contributed by atoms with Crippen LogP contribution >= 0.6 is 0 Å². The lowest BCUT2D eigenvalue weighted by Gasteiger charge is -2.55. The number of carbonyl (C=O) groups is 1. The van der Waals surface area contributed by atoms with Gasteiger partial charge in [-0.1, -0.05) is 42.5 Å². The summed E-state index contributed by atoms with van der Waals surface area (Å²) < 4.78 is 34.7. The Labute approximate surface area is 221 Å². The molecule has 3 atom stereocenters. The molecule has 5 rings (SSSR count). The highest BCUT2D eigenvalue weighted by atomic mass is 32.2. The molecule has 2 aromatic rings. The third-order valence-corrected chi connectivity index (χ3v) is 10.5. The Hall–Kier alpha value is -2.42. The van der Waals surface area contributed by atoms with Gasteiger partial charge in [-0.3, -0.25) is 4.79 Å². The maximum absolute atomic E-state index is 14.1. The number of benzene rings is 2. The number of methoxy groups -OCH3 is 1. The molecule has 7 nitrogen and oxygen atoms in total. The van der Waals surface area contributed by atoms with Crippen LogP contribution in [0.5, 0.6) is 5.75 Å². The summed E-state index contributed by atoms with van der Waals surface area (Å²) in [5.41, 5.74) is 0.622. The fraction of sp³-hybridized carbons (Fsp3) is 0.552. The minimum atomic E-state index is -3.75. The number of nitrogens with zero attached hydrogens (tertiary/aromatic N) is 2. The minimum Gasteiger partial charge on any atom is -0.495 e. The largest absolute Gasteiger partial charge is 0.495 e. The van der Waals surface area contributed by atoms with E-state index < -0.39 is 15.6 Å². The molecule has 0 spiro atoms. The topological polar surface area (TPSA) is 79.0 Å². The Bertz CT molecular complexity index is 1180. The Morgan fingerprint density at radius 3 is 2.51 bits per heavy atom. The van der Waals surface area contributed by atoms with E-state index in [-0.39, 0.29) is 22.6 Å². The molecular formula is C29H39N3O4S. The molecule has 0 aliphatic carbocycles. The molecule has 3 heterocycles. The van der Waals surface area contributed by atoms with Gasteiger partial charge in [-0.2, -0.15) is 4.31 Å².